The molecule has 2 aromatic heterocycles. The highest BCUT2D eigenvalue weighted by atomic mass is 16.5. The zero-order chi connectivity index (χ0) is 51.0. The van der Waals surface area contributed by atoms with E-state index in [-0.39, 0.29) is 35.9 Å². The molecule has 2 saturated carbocycles. The molecule has 2 aliphatic rings. The number of hydrogen-bond acceptors (Lipinski definition) is 13. The molecule has 0 spiro atoms. The Bertz CT molecular complexity index is 2710. The fourth-order valence-corrected chi connectivity index (χ4v) is 9.12. The number of carbonyl (C=O) groups excluding carboxylic acids is 1. The second kappa shape index (κ2) is 26.4. The molecule has 8 rings (SSSR count). The lowest BCUT2D eigenvalue weighted by Gasteiger charge is -2.29. The molecule has 14 heteroatoms. The van der Waals surface area contributed by atoms with E-state index in [1.807, 2.05) is 70.2 Å². The molecule has 72 heavy (non-hydrogen) atoms. The van der Waals surface area contributed by atoms with Gasteiger partial charge in [-0.3, -0.25) is 0 Å². The zero-order valence-electron chi connectivity index (χ0n) is 42.8. The van der Waals surface area contributed by atoms with Crippen LogP contribution in [-0.4, -0.2) is 84.5 Å². The Morgan fingerprint density at radius 2 is 1.00 bits per heavy atom. The SMILES string of the molecule is CCOC(=O)c1c(C)cccc1OCCO[C@@H]1CCC[C@H](OCc2nc(-c3cccc(C)c3)oc2C)C1.Cc1cccc(-c2nc(CO[C@H]3CCC[C@@H](OCCOc4cccc(C)c4C(=O)O)C3)c(C)o2)c1. The van der Waals surface area contributed by atoms with Gasteiger partial charge < -0.3 is 47.1 Å². The monoisotopic (exact) mass is 986 g/mol. The van der Waals surface area contributed by atoms with E-state index in [9.17, 15) is 14.7 Å². The van der Waals surface area contributed by atoms with E-state index in [1.54, 1.807) is 38.1 Å². The first-order valence-electron chi connectivity index (χ1n) is 25.2. The number of ether oxygens (including phenoxy) is 7. The van der Waals surface area contributed by atoms with Crippen LogP contribution in [0.4, 0.5) is 0 Å². The molecule has 4 aromatic carbocycles. The highest BCUT2D eigenvalue weighted by Crippen LogP contribution is 2.30. The lowest BCUT2D eigenvalue weighted by molar-refractivity contribution is -0.0558. The van der Waals surface area contributed by atoms with Crippen molar-refractivity contribution in [1.82, 2.24) is 9.97 Å². The Labute approximate surface area is 423 Å². The average Bonchev–Trinajstić information content (AvgIpc) is 3.94. The third-order valence-electron chi connectivity index (χ3n) is 12.9. The first kappa shape index (κ1) is 53.5. The number of aromatic carboxylic acids is 1. The molecule has 0 radical (unpaired) electrons. The van der Waals surface area contributed by atoms with Crippen LogP contribution in [0, 0.1) is 41.5 Å². The summed E-state index contributed by atoms with van der Waals surface area (Å²) in [5, 5.41) is 9.42. The van der Waals surface area contributed by atoms with Gasteiger partial charge in [0.05, 0.1) is 57.5 Å². The summed E-state index contributed by atoms with van der Waals surface area (Å²) in [6, 6.07) is 27.0. The summed E-state index contributed by atoms with van der Waals surface area (Å²) in [5.41, 5.74) is 8.12. The summed E-state index contributed by atoms with van der Waals surface area (Å²) in [7, 11) is 0. The van der Waals surface area contributed by atoms with E-state index in [0.29, 0.717) is 80.7 Å². The van der Waals surface area contributed by atoms with Crippen molar-refractivity contribution >= 4 is 11.9 Å². The van der Waals surface area contributed by atoms with Gasteiger partial charge in [0.2, 0.25) is 11.8 Å². The summed E-state index contributed by atoms with van der Waals surface area (Å²) in [6.07, 6.45) is 8.12. The molecule has 0 amide bonds. The van der Waals surface area contributed by atoms with E-state index in [2.05, 4.69) is 35.1 Å². The van der Waals surface area contributed by atoms with Crippen molar-refractivity contribution in [3.8, 4) is 34.4 Å². The van der Waals surface area contributed by atoms with Gasteiger partial charge in [-0.2, -0.15) is 0 Å². The molecule has 0 bridgehead atoms. The third-order valence-corrected chi connectivity index (χ3v) is 12.9. The number of oxazole rings is 2. The zero-order valence-corrected chi connectivity index (χ0v) is 42.8. The van der Waals surface area contributed by atoms with Gasteiger partial charge in [0.15, 0.2) is 0 Å². The Hall–Kier alpha value is -6.32. The van der Waals surface area contributed by atoms with Crippen LogP contribution in [0.3, 0.4) is 0 Å². The van der Waals surface area contributed by atoms with Crippen LogP contribution in [0.1, 0.15) is 124 Å². The van der Waals surface area contributed by atoms with Crippen molar-refractivity contribution in [2.45, 2.75) is 137 Å². The van der Waals surface area contributed by atoms with E-state index >= 15 is 0 Å². The molecule has 14 nitrogen and oxygen atoms in total. The van der Waals surface area contributed by atoms with Gasteiger partial charge >= 0.3 is 11.9 Å². The lowest BCUT2D eigenvalue weighted by Crippen LogP contribution is -2.29. The molecule has 2 aliphatic carbocycles. The Morgan fingerprint density at radius 1 is 0.569 bits per heavy atom. The van der Waals surface area contributed by atoms with Crippen LogP contribution in [0.25, 0.3) is 22.9 Å². The normalized spacial score (nSPS) is 17.7. The third kappa shape index (κ3) is 15.1. The minimum absolute atomic E-state index is 0.0927. The maximum atomic E-state index is 12.3. The first-order chi connectivity index (χ1) is 34.8. The molecule has 6 aromatic rings. The van der Waals surface area contributed by atoms with Gasteiger partial charge in [0.25, 0.3) is 0 Å². The molecule has 0 unspecified atom stereocenters. The number of carbonyl (C=O) groups is 2. The Morgan fingerprint density at radius 3 is 1.44 bits per heavy atom. The molecule has 384 valence electrons. The smallest absolute Gasteiger partial charge is 0.342 e. The molecular weight excluding hydrogens is 917 g/mol. The van der Waals surface area contributed by atoms with Gasteiger partial charge in [0.1, 0.15) is 58.7 Å². The van der Waals surface area contributed by atoms with Crippen LogP contribution in [0.5, 0.6) is 11.5 Å². The van der Waals surface area contributed by atoms with Gasteiger partial charge in [-0.25, -0.2) is 19.6 Å². The summed E-state index contributed by atoms with van der Waals surface area (Å²) in [6.45, 7) is 16.0. The number of aromatic nitrogens is 2. The van der Waals surface area contributed by atoms with Crippen molar-refractivity contribution < 1.29 is 56.7 Å². The second-order valence-corrected chi connectivity index (χ2v) is 18.6. The Kier molecular flexibility index (Phi) is 19.6. The van der Waals surface area contributed by atoms with E-state index in [4.69, 9.17) is 42.0 Å². The number of nitrogens with zero attached hydrogens (tertiary/aromatic N) is 2. The van der Waals surface area contributed by atoms with Crippen molar-refractivity contribution in [2.24, 2.45) is 0 Å². The fourth-order valence-electron chi connectivity index (χ4n) is 9.12. The van der Waals surface area contributed by atoms with E-state index < -0.39 is 5.97 Å². The van der Waals surface area contributed by atoms with Gasteiger partial charge in [-0.1, -0.05) is 59.7 Å². The van der Waals surface area contributed by atoms with Gasteiger partial charge in [-0.05, 0) is 147 Å². The number of hydrogen-bond donors (Lipinski definition) is 1. The number of benzene rings is 4. The molecule has 0 saturated heterocycles. The standard InChI is InChI=1S/C30H37NO6.C28H33NO6/c1-5-33-30(32)28-21(3)10-7-14-27(28)35-16-15-34-24-12-8-13-25(18-24)36-19-26-22(4)37-29(31-26)23-11-6-9-20(2)17-23;1-18-7-4-9-21(15-18)27-29-24(20(3)35-27)17-34-23-11-6-10-22(16-23)32-13-14-33-25-12-5-8-19(2)26(25)28(30)31/h6-7,9-11,14,17,24-25H,5,8,12-13,15-16,18-19H2,1-4H3;4-5,7-9,12,15,22-23H,6,10-11,13-14,16-17H2,1-3H3,(H,30,31)/t24-,25+;22-,23+/m11/s1. The van der Waals surface area contributed by atoms with E-state index in [1.165, 1.54) is 5.56 Å². The molecule has 1 N–H and O–H groups in total. The van der Waals surface area contributed by atoms with Gasteiger partial charge in [0, 0.05) is 11.1 Å². The summed E-state index contributed by atoms with van der Waals surface area (Å²) in [4.78, 5) is 33.1. The summed E-state index contributed by atoms with van der Waals surface area (Å²) in [5.74, 6) is 2.36. The fraction of sp³-hybridized carbons (Fsp3) is 0.448. The number of carboxylic acids is 1. The topological polar surface area (TPSA) is 171 Å². The van der Waals surface area contributed by atoms with Crippen molar-refractivity contribution in [2.75, 3.05) is 33.0 Å². The second-order valence-electron chi connectivity index (χ2n) is 18.6. The van der Waals surface area contributed by atoms with Crippen LogP contribution in [-0.2, 0) is 36.9 Å². The molecular formula is C58H70N2O12. The van der Waals surface area contributed by atoms with Gasteiger partial charge in [-0.15, -0.1) is 0 Å². The quantitative estimate of drug-likeness (QED) is 0.0533. The molecule has 2 heterocycles. The number of rotatable bonds is 21. The highest BCUT2D eigenvalue weighted by Gasteiger charge is 2.26. The maximum Gasteiger partial charge on any atom is 0.342 e. The van der Waals surface area contributed by atoms with Crippen LogP contribution in [0.2, 0.25) is 0 Å². The van der Waals surface area contributed by atoms with Crippen molar-refractivity contribution in [3.05, 3.63) is 141 Å². The number of esters is 1. The average molecular weight is 987 g/mol. The van der Waals surface area contributed by atoms with E-state index in [0.717, 1.165) is 96.5 Å². The van der Waals surface area contributed by atoms with Crippen LogP contribution in [0.15, 0.2) is 93.8 Å². The largest absolute Gasteiger partial charge is 0.490 e. The van der Waals surface area contributed by atoms with Crippen LogP contribution >= 0.6 is 0 Å². The lowest BCUT2D eigenvalue weighted by atomic mass is 9.95. The minimum atomic E-state index is -0.986. The van der Waals surface area contributed by atoms with Crippen molar-refractivity contribution in [3.63, 3.8) is 0 Å². The number of carboxylic acid groups (broad SMARTS) is 1. The van der Waals surface area contributed by atoms with Crippen LogP contribution < -0.4 is 9.47 Å². The highest BCUT2D eigenvalue weighted by molar-refractivity contribution is 5.94. The summed E-state index contributed by atoms with van der Waals surface area (Å²) < 4.78 is 53.1. The maximum absolute atomic E-state index is 12.3. The molecule has 0 aliphatic heterocycles. The first-order valence-corrected chi connectivity index (χ1v) is 25.2. The number of aryl methyl sites for hydroxylation is 6. The predicted octanol–water partition coefficient (Wildman–Crippen LogP) is 12.3. The molecule has 2 fully saturated rings. The predicted molar refractivity (Wildman–Crippen MR) is 273 cm³/mol. The van der Waals surface area contributed by atoms with Crippen molar-refractivity contribution in [1.29, 1.82) is 0 Å². The Balaban J connectivity index is 0.000000212. The summed E-state index contributed by atoms with van der Waals surface area (Å²) >= 11 is 0. The molecule has 4 atom stereocenters. The minimum Gasteiger partial charge on any atom is -0.490 e.